The molecule has 0 amide bonds. The molecule has 4 heteroatoms. The molecule has 0 bridgehead atoms. The minimum Gasteiger partial charge on any atom is -0.479 e. The number of ether oxygens (including phenoxy) is 2. The molecule has 23 heavy (non-hydrogen) atoms. The first-order valence-corrected chi connectivity index (χ1v) is 7.49. The summed E-state index contributed by atoms with van der Waals surface area (Å²) in [6, 6.07) is 16.8. The van der Waals surface area contributed by atoms with E-state index in [2.05, 4.69) is 6.58 Å². The highest BCUT2D eigenvalue weighted by Gasteiger charge is 2.36. The lowest BCUT2D eigenvalue weighted by Crippen LogP contribution is -2.07. The Morgan fingerprint density at radius 3 is 2.57 bits per heavy atom. The van der Waals surface area contributed by atoms with Crippen LogP contribution in [0.25, 0.3) is 5.76 Å². The van der Waals surface area contributed by atoms with Gasteiger partial charge in [-0.3, -0.25) is 0 Å². The van der Waals surface area contributed by atoms with Gasteiger partial charge in [0.15, 0.2) is 0 Å². The Bertz CT molecular complexity index is 793. The van der Waals surface area contributed by atoms with Crippen LogP contribution in [0.3, 0.4) is 0 Å². The summed E-state index contributed by atoms with van der Waals surface area (Å²) >= 11 is 6.06. The Labute approximate surface area is 139 Å². The van der Waals surface area contributed by atoms with E-state index < -0.39 is 12.1 Å². The molecule has 0 aromatic heterocycles. The number of benzene rings is 2. The average molecular weight is 327 g/mol. The molecule has 0 saturated heterocycles. The first-order chi connectivity index (χ1) is 11.1. The molecule has 2 aromatic carbocycles. The smallest absolute Gasteiger partial charge is 0.342 e. The van der Waals surface area contributed by atoms with Gasteiger partial charge in [-0.05, 0) is 17.7 Å². The van der Waals surface area contributed by atoms with Crippen LogP contribution in [0.2, 0.25) is 5.02 Å². The van der Waals surface area contributed by atoms with E-state index in [-0.39, 0.29) is 0 Å². The van der Waals surface area contributed by atoms with Crippen LogP contribution < -0.4 is 0 Å². The summed E-state index contributed by atoms with van der Waals surface area (Å²) < 4.78 is 11.0. The maximum Gasteiger partial charge on any atom is 0.342 e. The van der Waals surface area contributed by atoms with E-state index in [0.29, 0.717) is 21.9 Å². The van der Waals surface area contributed by atoms with Crippen LogP contribution in [0, 0.1) is 0 Å². The van der Waals surface area contributed by atoms with Gasteiger partial charge in [0, 0.05) is 16.2 Å². The van der Waals surface area contributed by atoms with Gasteiger partial charge in [0.05, 0.1) is 7.11 Å². The fraction of sp³-hybridized carbons (Fsp3) is 0.105. The number of rotatable bonds is 3. The summed E-state index contributed by atoms with van der Waals surface area (Å²) in [5.41, 5.74) is 2.58. The lowest BCUT2D eigenvalue weighted by molar-refractivity contribution is -0.135. The van der Waals surface area contributed by atoms with E-state index in [1.165, 1.54) is 7.11 Å². The van der Waals surface area contributed by atoms with Gasteiger partial charge in [-0.25, -0.2) is 4.79 Å². The Morgan fingerprint density at radius 2 is 1.91 bits per heavy atom. The zero-order valence-corrected chi connectivity index (χ0v) is 13.3. The van der Waals surface area contributed by atoms with E-state index in [9.17, 15) is 4.79 Å². The van der Waals surface area contributed by atoms with Crippen molar-refractivity contribution in [2.45, 2.75) is 6.10 Å². The molecule has 0 saturated carbocycles. The maximum absolute atomic E-state index is 12.2. The van der Waals surface area contributed by atoms with Crippen molar-refractivity contribution in [2.24, 2.45) is 0 Å². The predicted octanol–water partition coefficient (Wildman–Crippen LogP) is 4.55. The van der Waals surface area contributed by atoms with Gasteiger partial charge < -0.3 is 9.47 Å². The Hall–Kier alpha value is -2.52. The summed E-state index contributed by atoms with van der Waals surface area (Å²) in [5.74, 6) is -0.0263. The summed E-state index contributed by atoms with van der Waals surface area (Å²) in [4.78, 5) is 12.2. The molecule has 1 atom stereocenters. The molecule has 0 aliphatic carbocycles. The minimum atomic E-state index is -0.469. The van der Waals surface area contributed by atoms with Gasteiger partial charge in [0.25, 0.3) is 0 Å². The van der Waals surface area contributed by atoms with Gasteiger partial charge in [0.2, 0.25) is 0 Å². The van der Waals surface area contributed by atoms with Gasteiger partial charge >= 0.3 is 5.97 Å². The number of methoxy groups -OCH3 is 1. The van der Waals surface area contributed by atoms with Crippen molar-refractivity contribution < 1.29 is 14.3 Å². The first-order valence-electron chi connectivity index (χ1n) is 7.11. The number of carbonyl (C=O) groups is 1. The maximum atomic E-state index is 12.2. The van der Waals surface area contributed by atoms with E-state index in [0.717, 1.165) is 11.1 Å². The molecule has 3 nitrogen and oxygen atoms in total. The highest BCUT2D eigenvalue weighted by molar-refractivity contribution is 6.30. The molecule has 0 N–H and O–H groups in total. The zero-order valence-electron chi connectivity index (χ0n) is 12.6. The van der Waals surface area contributed by atoms with Crippen LogP contribution in [-0.2, 0) is 14.3 Å². The largest absolute Gasteiger partial charge is 0.479 e. The fourth-order valence-electron chi connectivity index (χ4n) is 2.59. The molecule has 1 aliphatic rings. The van der Waals surface area contributed by atoms with Crippen molar-refractivity contribution in [3.8, 4) is 0 Å². The molecule has 3 rings (SSSR count). The zero-order chi connectivity index (χ0) is 16.4. The van der Waals surface area contributed by atoms with Crippen molar-refractivity contribution >= 4 is 23.3 Å². The number of esters is 1. The normalized spacial score (nSPS) is 17.1. The predicted molar refractivity (Wildman–Crippen MR) is 89.8 cm³/mol. The van der Waals surface area contributed by atoms with Crippen molar-refractivity contribution in [1.29, 1.82) is 0 Å². The summed E-state index contributed by atoms with van der Waals surface area (Å²) in [5, 5.41) is 0.566. The van der Waals surface area contributed by atoms with E-state index in [4.69, 9.17) is 21.1 Å². The molecule has 0 unspecified atom stereocenters. The molecular formula is C19H15ClO3. The highest BCUT2D eigenvalue weighted by Crippen LogP contribution is 2.44. The van der Waals surface area contributed by atoms with Crippen molar-refractivity contribution in [3.05, 3.63) is 88.5 Å². The van der Waals surface area contributed by atoms with Gasteiger partial charge in [-0.1, -0.05) is 60.6 Å². The molecule has 1 aliphatic heterocycles. The molecule has 1 heterocycles. The van der Waals surface area contributed by atoms with Crippen LogP contribution in [-0.4, -0.2) is 13.1 Å². The number of carbonyl (C=O) groups excluding carboxylic acids is 1. The second-order valence-corrected chi connectivity index (χ2v) is 5.58. The van der Waals surface area contributed by atoms with Crippen LogP contribution >= 0.6 is 11.6 Å². The third-order valence-corrected chi connectivity index (χ3v) is 3.91. The Morgan fingerprint density at radius 1 is 1.17 bits per heavy atom. The van der Waals surface area contributed by atoms with E-state index >= 15 is 0 Å². The molecule has 0 fully saturated rings. The number of hydrogen-bond acceptors (Lipinski definition) is 3. The monoisotopic (exact) mass is 326 g/mol. The Balaban J connectivity index is 2.08. The van der Waals surface area contributed by atoms with Crippen molar-refractivity contribution in [1.82, 2.24) is 0 Å². The minimum absolute atomic E-state index is 0.351. The summed E-state index contributed by atoms with van der Waals surface area (Å²) in [7, 11) is 1.34. The number of halogens is 1. The quantitative estimate of drug-likeness (QED) is 0.776. The van der Waals surface area contributed by atoms with Crippen LogP contribution in [0.15, 0.2) is 72.3 Å². The van der Waals surface area contributed by atoms with Crippen LogP contribution in [0.1, 0.15) is 17.2 Å². The van der Waals surface area contributed by atoms with E-state index in [1.807, 2.05) is 42.5 Å². The molecule has 2 aromatic rings. The topological polar surface area (TPSA) is 35.5 Å². The third kappa shape index (κ3) is 2.88. The standard InChI is InChI=1S/C19H15ClO3/c1-12-16(19(21)22-2)18(14-9-6-10-15(20)11-14)23-17(12)13-7-4-3-5-8-13/h3-11,17H,1H2,2H3/t17-/m0/s1. The Kier molecular flexibility index (Phi) is 4.22. The molecule has 0 radical (unpaired) electrons. The lowest BCUT2D eigenvalue weighted by Gasteiger charge is -2.14. The second-order valence-electron chi connectivity index (χ2n) is 5.14. The van der Waals surface area contributed by atoms with Gasteiger partial charge in [0.1, 0.15) is 17.4 Å². The van der Waals surface area contributed by atoms with Crippen molar-refractivity contribution in [3.63, 3.8) is 0 Å². The van der Waals surface area contributed by atoms with Crippen LogP contribution in [0.4, 0.5) is 0 Å². The molecule has 0 spiro atoms. The average Bonchev–Trinajstić information content (AvgIpc) is 2.92. The second kappa shape index (κ2) is 6.31. The van der Waals surface area contributed by atoms with Crippen LogP contribution in [0.5, 0.6) is 0 Å². The van der Waals surface area contributed by atoms with Gasteiger partial charge in [-0.15, -0.1) is 0 Å². The first kappa shape index (κ1) is 15.4. The molecule has 116 valence electrons. The van der Waals surface area contributed by atoms with Gasteiger partial charge in [-0.2, -0.15) is 0 Å². The fourth-order valence-corrected chi connectivity index (χ4v) is 2.78. The SMILES string of the molecule is C=C1C(C(=O)OC)=C(c2cccc(Cl)c2)O[C@@H]1c1ccccc1. The van der Waals surface area contributed by atoms with Crippen molar-refractivity contribution in [2.75, 3.05) is 7.11 Å². The summed E-state index contributed by atoms with van der Waals surface area (Å²) in [6.45, 7) is 4.04. The summed E-state index contributed by atoms with van der Waals surface area (Å²) in [6.07, 6.45) is -0.417. The highest BCUT2D eigenvalue weighted by atomic mass is 35.5. The third-order valence-electron chi connectivity index (χ3n) is 3.68. The van der Waals surface area contributed by atoms with E-state index in [1.54, 1.807) is 12.1 Å². The number of hydrogen-bond donors (Lipinski definition) is 0. The molecular weight excluding hydrogens is 312 g/mol. The lowest BCUT2D eigenvalue weighted by atomic mass is 9.97.